The van der Waals surface area contributed by atoms with Crippen LogP contribution in [0.1, 0.15) is 57.8 Å². The average Bonchev–Trinajstić information content (AvgIpc) is 3.33. The average molecular weight is 505 g/mol. The fourth-order valence-corrected chi connectivity index (χ4v) is 6.95. The number of hydrogen-bond acceptors (Lipinski definition) is 6. The summed E-state index contributed by atoms with van der Waals surface area (Å²) in [5, 5.41) is 11.7. The number of sulfonamides is 1. The molecule has 2 atom stereocenters. The van der Waals surface area contributed by atoms with Gasteiger partial charge < -0.3 is 4.52 Å². The van der Waals surface area contributed by atoms with Crippen molar-refractivity contribution in [2.24, 2.45) is 10.8 Å². The van der Waals surface area contributed by atoms with Gasteiger partial charge in [-0.3, -0.25) is 0 Å². The second-order valence-corrected chi connectivity index (χ2v) is 11.9. The Morgan fingerprint density at radius 2 is 1.86 bits per heavy atom. The van der Waals surface area contributed by atoms with Crippen LogP contribution in [-0.4, -0.2) is 41.2 Å². The maximum atomic E-state index is 14.4. The van der Waals surface area contributed by atoms with Crippen molar-refractivity contribution >= 4 is 10.0 Å². The van der Waals surface area contributed by atoms with E-state index in [1.807, 2.05) is 6.92 Å². The van der Waals surface area contributed by atoms with E-state index in [0.717, 1.165) is 18.4 Å². The van der Waals surface area contributed by atoms with Gasteiger partial charge in [0.15, 0.2) is 5.76 Å². The molecule has 10 heteroatoms. The largest absolute Gasteiger partial charge is 0.360 e. The molecule has 2 heterocycles. The van der Waals surface area contributed by atoms with E-state index < -0.39 is 21.7 Å². The summed E-state index contributed by atoms with van der Waals surface area (Å²) in [6.07, 6.45) is 4.42. The normalized spacial score (nSPS) is 22.1. The molecule has 0 unspecified atom stereocenters. The number of aryl methyl sites for hydroxylation is 1. The maximum absolute atomic E-state index is 14.4. The highest BCUT2D eigenvalue weighted by atomic mass is 32.2. The second-order valence-electron chi connectivity index (χ2n) is 10.0. The summed E-state index contributed by atoms with van der Waals surface area (Å²) in [6, 6.07) is 5.40. The molecule has 3 aromatic rings. The van der Waals surface area contributed by atoms with E-state index in [9.17, 15) is 17.2 Å². The van der Waals surface area contributed by atoms with Gasteiger partial charge in [0.2, 0.25) is 10.0 Å². The van der Waals surface area contributed by atoms with E-state index in [4.69, 9.17) is 4.52 Å². The van der Waals surface area contributed by atoms with Gasteiger partial charge in [-0.05, 0) is 60.3 Å². The van der Waals surface area contributed by atoms with Crippen molar-refractivity contribution in [2.75, 3.05) is 13.1 Å². The number of aromatic nitrogens is 3. The van der Waals surface area contributed by atoms with Crippen LogP contribution in [0.5, 0.6) is 0 Å². The van der Waals surface area contributed by atoms with Gasteiger partial charge in [-0.25, -0.2) is 17.2 Å². The Bertz CT molecular complexity index is 1320. The smallest absolute Gasteiger partial charge is 0.248 e. The Morgan fingerprint density at radius 3 is 2.46 bits per heavy atom. The first-order chi connectivity index (χ1) is 16.4. The van der Waals surface area contributed by atoms with Crippen LogP contribution >= 0.6 is 0 Å². The van der Waals surface area contributed by atoms with Crippen molar-refractivity contribution in [1.29, 1.82) is 0 Å². The molecule has 0 saturated heterocycles. The van der Waals surface area contributed by atoms with Gasteiger partial charge >= 0.3 is 0 Å². The molecule has 0 bridgehead atoms. The lowest BCUT2D eigenvalue weighted by Crippen LogP contribution is -2.45. The molecular formula is C25H30F2N4O3S. The molecule has 1 aliphatic carbocycles. The number of rotatable bonds is 7. The van der Waals surface area contributed by atoms with Crippen LogP contribution in [0.15, 0.2) is 46.1 Å². The zero-order chi connectivity index (χ0) is 25.6. The lowest BCUT2D eigenvalue weighted by atomic mass is 9.64. The minimum atomic E-state index is -3.78. The fourth-order valence-electron chi connectivity index (χ4n) is 5.30. The van der Waals surface area contributed by atoms with Gasteiger partial charge in [0.1, 0.15) is 16.5 Å². The lowest BCUT2D eigenvalue weighted by Gasteiger charge is -2.44. The Labute approximate surface area is 204 Å². The van der Waals surface area contributed by atoms with E-state index in [1.54, 1.807) is 19.2 Å². The van der Waals surface area contributed by atoms with Crippen molar-refractivity contribution in [3.05, 3.63) is 59.6 Å². The molecule has 1 saturated carbocycles. The number of halogens is 2. The molecule has 0 N–H and O–H groups in total. The summed E-state index contributed by atoms with van der Waals surface area (Å²) in [7, 11) is -3.78. The van der Waals surface area contributed by atoms with Gasteiger partial charge in [-0.15, -0.1) is 0 Å². The molecule has 188 valence electrons. The summed E-state index contributed by atoms with van der Waals surface area (Å²) >= 11 is 0. The summed E-state index contributed by atoms with van der Waals surface area (Å²) < 4.78 is 61.9. The summed E-state index contributed by atoms with van der Waals surface area (Å²) in [4.78, 5) is 0.0743. The Morgan fingerprint density at radius 1 is 1.17 bits per heavy atom. The summed E-state index contributed by atoms with van der Waals surface area (Å²) in [5.74, 6) is -1.14. The van der Waals surface area contributed by atoms with E-state index >= 15 is 0 Å². The van der Waals surface area contributed by atoms with Crippen LogP contribution in [0.2, 0.25) is 0 Å². The molecule has 0 aliphatic heterocycles. The van der Waals surface area contributed by atoms with E-state index in [-0.39, 0.29) is 38.7 Å². The molecule has 1 fully saturated rings. The molecule has 1 aromatic carbocycles. The van der Waals surface area contributed by atoms with Gasteiger partial charge in [-0.2, -0.15) is 14.5 Å². The quantitative estimate of drug-likeness (QED) is 0.432. The van der Waals surface area contributed by atoms with Gasteiger partial charge in [0.05, 0.1) is 23.7 Å². The van der Waals surface area contributed by atoms with Crippen molar-refractivity contribution < 1.29 is 21.7 Å². The minimum absolute atomic E-state index is 0.00433. The minimum Gasteiger partial charge on any atom is -0.360 e. The van der Waals surface area contributed by atoms with E-state index in [2.05, 4.69) is 36.1 Å². The van der Waals surface area contributed by atoms with Crippen molar-refractivity contribution in [3.8, 4) is 11.3 Å². The van der Waals surface area contributed by atoms with Crippen LogP contribution in [-0.2, 0) is 10.0 Å². The molecule has 0 spiro atoms. The molecule has 0 amide bonds. The Hall–Kier alpha value is -2.72. The highest BCUT2D eigenvalue weighted by molar-refractivity contribution is 7.89. The Kier molecular flexibility index (Phi) is 6.56. The maximum Gasteiger partial charge on any atom is 0.248 e. The highest BCUT2D eigenvalue weighted by Gasteiger charge is 2.53. The van der Waals surface area contributed by atoms with Crippen LogP contribution in [0, 0.1) is 29.4 Å². The third-order valence-corrected chi connectivity index (χ3v) is 9.93. The van der Waals surface area contributed by atoms with Crippen molar-refractivity contribution in [1.82, 2.24) is 19.7 Å². The molecule has 4 rings (SSSR count). The highest BCUT2D eigenvalue weighted by Crippen LogP contribution is 2.60. The molecule has 2 aromatic heterocycles. The first kappa shape index (κ1) is 25.4. The van der Waals surface area contributed by atoms with Gasteiger partial charge in [0.25, 0.3) is 0 Å². The zero-order valence-corrected chi connectivity index (χ0v) is 21.4. The number of nitrogens with zero attached hydrogens (tertiary/aromatic N) is 4. The first-order valence-corrected chi connectivity index (χ1v) is 13.0. The first-order valence-electron chi connectivity index (χ1n) is 11.6. The summed E-state index contributed by atoms with van der Waals surface area (Å²) in [5.41, 5.74) is 0.0368. The standard InChI is InChI=1S/C25H30F2N4O3S/c1-6-31(35(32,33)22-14-29-34-16(22)2)15-25(5)11-10-18(24(25,3)4)17-12-21(30-28-13-17)23-19(26)8-7-9-20(23)27/h7-9,12-14,18H,6,10-11,15H2,1-5H3/t18-,25-/m0/s1. The van der Waals surface area contributed by atoms with Crippen LogP contribution < -0.4 is 0 Å². The number of benzene rings is 1. The van der Waals surface area contributed by atoms with Crippen LogP contribution in [0.3, 0.4) is 0 Å². The third kappa shape index (κ3) is 4.27. The molecule has 1 aliphatic rings. The molecular weight excluding hydrogens is 474 g/mol. The number of hydrogen-bond donors (Lipinski definition) is 0. The van der Waals surface area contributed by atoms with Gasteiger partial charge in [0, 0.05) is 13.1 Å². The SMILES string of the molecule is CCN(C[C@]1(C)CC[C@@H](c2cnnc(-c3c(F)cccc3F)c2)C1(C)C)S(=O)(=O)c1cnoc1C. The monoisotopic (exact) mass is 504 g/mol. The molecule has 35 heavy (non-hydrogen) atoms. The molecule has 7 nitrogen and oxygen atoms in total. The van der Waals surface area contributed by atoms with Crippen LogP contribution in [0.25, 0.3) is 11.3 Å². The topological polar surface area (TPSA) is 89.2 Å². The second kappa shape index (κ2) is 9.05. The third-order valence-electron chi connectivity index (χ3n) is 7.91. The van der Waals surface area contributed by atoms with E-state index in [0.29, 0.717) is 13.1 Å². The van der Waals surface area contributed by atoms with Crippen LogP contribution in [0.4, 0.5) is 8.78 Å². The summed E-state index contributed by atoms with van der Waals surface area (Å²) in [6.45, 7) is 10.3. The zero-order valence-electron chi connectivity index (χ0n) is 20.5. The molecule has 0 radical (unpaired) electrons. The predicted octanol–water partition coefficient (Wildman–Crippen LogP) is 5.34. The van der Waals surface area contributed by atoms with Crippen molar-refractivity contribution in [2.45, 2.75) is 58.3 Å². The Balaban J connectivity index is 1.65. The predicted molar refractivity (Wildman–Crippen MR) is 127 cm³/mol. The van der Waals surface area contributed by atoms with Crippen molar-refractivity contribution in [3.63, 3.8) is 0 Å². The van der Waals surface area contributed by atoms with E-state index in [1.165, 1.54) is 28.7 Å². The lowest BCUT2D eigenvalue weighted by molar-refractivity contribution is 0.0901. The fraction of sp³-hybridized carbons (Fsp3) is 0.480. The van der Waals surface area contributed by atoms with Gasteiger partial charge in [-0.1, -0.05) is 38.9 Å².